The fraction of sp³-hybridized carbons (Fsp3) is 0. The van der Waals surface area contributed by atoms with Crippen molar-refractivity contribution >= 4 is 50.4 Å². The maximum absolute atomic E-state index is 8.91. The molecule has 0 spiro atoms. The number of hydrogen-bond acceptors (Lipinski definition) is 4. The molecule has 2 aromatic heterocycles. The minimum Gasteiger partial charge on any atom is -0.465 e. The fourth-order valence-corrected chi connectivity index (χ4v) is 2.56. The molecule has 6 heteroatoms. The summed E-state index contributed by atoms with van der Waals surface area (Å²) in [7, 11) is -1.46. The first-order valence-electron chi connectivity index (χ1n) is 6.61. The van der Waals surface area contributed by atoms with Crippen LogP contribution in [0.4, 0.5) is 0 Å². The van der Waals surface area contributed by atoms with Gasteiger partial charge in [0.2, 0.25) is 0 Å². The Bertz CT molecular complexity index is 897. The van der Waals surface area contributed by atoms with E-state index in [1.165, 1.54) is 6.26 Å². The van der Waals surface area contributed by atoms with Crippen LogP contribution in [-0.2, 0) is 0 Å². The largest absolute Gasteiger partial charge is 0.492 e. The Morgan fingerprint density at radius 2 is 1.32 bits per heavy atom. The molecule has 0 bridgehead atoms. The van der Waals surface area contributed by atoms with Gasteiger partial charge >= 0.3 is 7.12 Å². The van der Waals surface area contributed by atoms with Crippen LogP contribution in [0.1, 0.15) is 0 Å². The second-order valence-corrected chi connectivity index (χ2v) is 5.50. The Kier molecular flexibility index (Phi) is 4.33. The molecule has 0 aliphatic rings. The average molecular weight is 359 g/mol. The lowest BCUT2D eigenvalue weighted by Crippen LogP contribution is -2.28. The summed E-state index contributed by atoms with van der Waals surface area (Å²) in [5.41, 5.74) is 2.00. The second kappa shape index (κ2) is 6.40. The van der Waals surface area contributed by atoms with Crippen molar-refractivity contribution in [3.05, 3.63) is 65.5 Å². The van der Waals surface area contributed by atoms with Crippen LogP contribution in [0.2, 0.25) is 0 Å². The third kappa shape index (κ3) is 2.94. The first-order valence-corrected chi connectivity index (χ1v) is 7.40. The summed E-state index contributed by atoms with van der Waals surface area (Å²) in [5.74, 6) is 0. The summed E-state index contributed by atoms with van der Waals surface area (Å²) in [6.45, 7) is 0. The number of benzene rings is 2. The van der Waals surface area contributed by atoms with Crippen molar-refractivity contribution < 1.29 is 18.9 Å². The molecule has 0 aliphatic carbocycles. The number of fused-ring (bicyclic) bond motifs is 2. The van der Waals surface area contributed by atoms with E-state index in [0.717, 1.165) is 20.8 Å². The van der Waals surface area contributed by atoms with Gasteiger partial charge in [0.25, 0.3) is 0 Å². The van der Waals surface area contributed by atoms with Crippen molar-refractivity contribution in [3.63, 3.8) is 0 Å². The van der Waals surface area contributed by atoms with E-state index in [1.807, 2.05) is 36.4 Å². The highest BCUT2D eigenvalue weighted by molar-refractivity contribution is 9.10. The molecule has 0 saturated carbocycles. The lowest BCUT2D eigenvalue weighted by molar-refractivity contribution is 0.425. The lowest BCUT2D eigenvalue weighted by atomic mass is 9.80. The molecular weight excluding hydrogens is 347 g/mol. The topological polar surface area (TPSA) is 66.7 Å². The Labute approximate surface area is 135 Å². The number of halogens is 1. The standard InChI is InChI=1S/C8H7BO3.C8H5BrO/c10-9(11)7-5-12-8-4-2-1-3-6(7)8;9-7-5-10-8-4-2-1-3-6(7)8/h1-5,10-11H;1-5H. The van der Waals surface area contributed by atoms with Gasteiger partial charge in [0.05, 0.1) is 10.7 Å². The fourth-order valence-electron chi connectivity index (χ4n) is 2.14. The summed E-state index contributed by atoms with van der Waals surface area (Å²) in [5, 5.41) is 19.7. The first-order chi connectivity index (χ1) is 10.7. The van der Waals surface area contributed by atoms with Crippen LogP contribution in [0.15, 0.2) is 74.4 Å². The van der Waals surface area contributed by atoms with Crippen molar-refractivity contribution in [3.8, 4) is 0 Å². The average Bonchev–Trinajstić information content (AvgIpc) is 3.13. The monoisotopic (exact) mass is 358 g/mol. The predicted octanol–water partition coefficient (Wildman–Crippen LogP) is 3.31. The van der Waals surface area contributed by atoms with E-state index in [1.54, 1.807) is 18.4 Å². The molecule has 0 unspecified atom stereocenters. The molecule has 0 fully saturated rings. The molecule has 22 heavy (non-hydrogen) atoms. The highest BCUT2D eigenvalue weighted by atomic mass is 79.9. The van der Waals surface area contributed by atoms with E-state index >= 15 is 0 Å². The van der Waals surface area contributed by atoms with Crippen LogP contribution in [0.3, 0.4) is 0 Å². The van der Waals surface area contributed by atoms with E-state index in [0.29, 0.717) is 11.0 Å². The van der Waals surface area contributed by atoms with Gasteiger partial charge in [-0.05, 0) is 34.1 Å². The van der Waals surface area contributed by atoms with Gasteiger partial charge in [-0.15, -0.1) is 0 Å². The lowest BCUT2D eigenvalue weighted by Gasteiger charge is -1.92. The van der Waals surface area contributed by atoms with Gasteiger partial charge in [-0.25, -0.2) is 0 Å². The summed E-state index contributed by atoms with van der Waals surface area (Å²) < 4.78 is 11.3. The Hall–Kier alpha value is -2.02. The van der Waals surface area contributed by atoms with Gasteiger partial charge in [-0.1, -0.05) is 30.3 Å². The number of hydrogen-bond donors (Lipinski definition) is 2. The van der Waals surface area contributed by atoms with Crippen molar-refractivity contribution in [2.24, 2.45) is 0 Å². The Balaban J connectivity index is 0.000000133. The van der Waals surface area contributed by atoms with Gasteiger partial charge in [0.1, 0.15) is 17.4 Å². The van der Waals surface area contributed by atoms with Gasteiger partial charge < -0.3 is 18.9 Å². The van der Waals surface area contributed by atoms with Crippen LogP contribution in [0.25, 0.3) is 21.9 Å². The highest BCUT2D eigenvalue weighted by Gasteiger charge is 2.16. The van der Waals surface area contributed by atoms with Gasteiger partial charge in [0.15, 0.2) is 0 Å². The molecule has 0 aliphatic heterocycles. The molecule has 110 valence electrons. The summed E-state index contributed by atoms with van der Waals surface area (Å²) in [4.78, 5) is 0. The van der Waals surface area contributed by atoms with Crippen molar-refractivity contribution in [2.45, 2.75) is 0 Å². The Morgan fingerprint density at radius 1 is 0.773 bits per heavy atom. The predicted molar refractivity (Wildman–Crippen MR) is 90.0 cm³/mol. The van der Waals surface area contributed by atoms with Crippen molar-refractivity contribution in [2.75, 3.05) is 0 Å². The van der Waals surface area contributed by atoms with Crippen LogP contribution in [-0.4, -0.2) is 17.2 Å². The quantitative estimate of drug-likeness (QED) is 0.512. The maximum Gasteiger partial charge on any atom is 0.492 e. The molecule has 0 amide bonds. The summed E-state index contributed by atoms with van der Waals surface area (Å²) >= 11 is 3.37. The second-order valence-electron chi connectivity index (χ2n) is 4.64. The Morgan fingerprint density at radius 3 is 1.95 bits per heavy atom. The molecule has 4 aromatic rings. The van der Waals surface area contributed by atoms with E-state index in [9.17, 15) is 0 Å². The highest BCUT2D eigenvalue weighted by Crippen LogP contribution is 2.24. The van der Waals surface area contributed by atoms with Crippen LogP contribution in [0, 0.1) is 0 Å². The van der Waals surface area contributed by atoms with Crippen molar-refractivity contribution in [1.82, 2.24) is 0 Å². The maximum atomic E-state index is 8.91. The summed E-state index contributed by atoms with van der Waals surface area (Å²) in [6, 6.07) is 15.1. The molecular formula is C16H12BBrO4. The zero-order valence-corrected chi connectivity index (χ0v) is 13.0. The molecule has 2 N–H and O–H groups in total. The summed E-state index contributed by atoms with van der Waals surface area (Å²) in [6.07, 6.45) is 3.06. The zero-order chi connectivity index (χ0) is 15.5. The molecule has 4 nitrogen and oxygen atoms in total. The molecule has 0 atom stereocenters. The van der Waals surface area contributed by atoms with Gasteiger partial charge in [-0.3, -0.25) is 0 Å². The molecule has 4 rings (SSSR count). The molecule has 2 aromatic carbocycles. The minimum absolute atomic E-state index is 0.408. The third-order valence-electron chi connectivity index (χ3n) is 3.22. The van der Waals surface area contributed by atoms with Gasteiger partial charge in [0, 0.05) is 16.2 Å². The number of rotatable bonds is 1. The first kappa shape index (κ1) is 14.9. The van der Waals surface area contributed by atoms with Crippen LogP contribution in [0.5, 0.6) is 0 Å². The smallest absolute Gasteiger partial charge is 0.465 e. The molecule has 0 radical (unpaired) electrons. The van der Waals surface area contributed by atoms with E-state index in [-0.39, 0.29) is 0 Å². The minimum atomic E-state index is -1.46. The normalized spacial score (nSPS) is 10.5. The SMILES string of the molecule is Brc1coc2ccccc12.OB(O)c1coc2ccccc12. The van der Waals surface area contributed by atoms with E-state index in [2.05, 4.69) is 15.9 Å². The molecule has 0 saturated heterocycles. The van der Waals surface area contributed by atoms with Crippen LogP contribution >= 0.6 is 15.9 Å². The molecule has 2 heterocycles. The van der Waals surface area contributed by atoms with E-state index in [4.69, 9.17) is 18.9 Å². The number of furan rings is 2. The number of para-hydroxylation sites is 2. The van der Waals surface area contributed by atoms with Gasteiger partial charge in [-0.2, -0.15) is 0 Å². The zero-order valence-electron chi connectivity index (χ0n) is 11.4. The van der Waals surface area contributed by atoms with Crippen molar-refractivity contribution in [1.29, 1.82) is 0 Å². The third-order valence-corrected chi connectivity index (χ3v) is 3.84. The van der Waals surface area contributed by atoms with E-state index < -0.39 is 7.12 Å². The van der Waals surface area contributed by atoms with Crippen LogP contribution < -0.4 is 5.46 Å².